The van der Waals surface area contributed by atoms with Crippen molar-refractivity contribution in [1.82, 2.24) is 5.01 Å². The molecule has 1 aliphatic rings. The minimum absolute atomic E-state index is 0.0199. The van der Waals surface area contributed by atoms with Gasteiger partial charge in [-0.1, -0.05) is 53.0 Å². The number of alkyl halides is 3. The number of hydrogen-bond donors (Lipinski definition) is 1. The molecule has 1 atom stereocenters. The van der Waals surface area contributed by atoms with Gasteiger partial charge in [0.1, 0.15) is 5.75 Å². The number of benzene rings is 2. The lowest BCUT2D eigenvalue weighted by molar-refractivity contribution is -0.302. The summed E-state index contributed by atoms with van der Waals surface area (Å²) in [5, 5.41) is 14.5. The molecule has 1 heterocycles. The van der Waals surface area contributed by atoms with Crippen molar-refractivity contribution in [3.05, 3.63) is 63.6 Å². The van der Waals surface area contributed by atoms with Gasteiger partial charge in [-0.3, -0.25) is 4.79 Å². The van der Waals surface area contributed by atoms with Gasteiger partial charge in [-0.15, -0.1) is 0 Å². The van der Waals surface area contributed by atoms with Crippen molar-refractivity contribution in [1.29, 1.82) is 0 Å². The summed E-state index contributed by atoms with van der Waals surface area (Å²) < 4.78 is 46.0. The molecule has 5 nitrogen and oxygen atoms in total. The highest BCUT2D eigenvalue weighted by Crippen LogP contribution is 2.41. The fraction of sp³-hybridized carbons (Fsp3) is 0.263. The monoisotopic (exact) mass is 446 g/mol. The lowest BCUT2D eigenvalue weighted by atomic mass is 10.00. The number of carbonyl (C=O) groups is 1. The first-order chi connectivity index (χ1) is 13.5. The summed E-state index contributed by atoms with van der Waals surface area (Å²) in [7, 11) is 0. The van der Waals surface area contributed by atoms with Crippen LogP contribution in [0.25, 0.3) is 0 Å². The molecule has 2 aromatic carbocycles. The number of hydrogen-bond acceptors (Lipinski definition) is 4. The summed E-state index contributed by atoms with van der Waals surface area (Å²) >= 11 is 11.7. The molecule has 29 heavy (non-hydrogen) atoms. The second kappa shape index (κ2) is 7.85. The zero-order chi connectivity index (χ0) is 21.4. The third-order valence-electron chi connectivity index (χ3n) is 4.31. The highest BCUT2D eigenvalue weighted by Gasteiger charge is 2.63. The summed E-state index contributed by atoms with van der Waals surface area (Å²) in [5.41, 5.74) is -2.27. The number of carbonyl (C=O) groups excluding carboxylic acids is 1. The van der Waals surface area contributed by atoms with Crippen molar-refractivity contribution in [2.24, 2.45) is 5.10 Å². The highest BCUT2D eigenvalue weighted by molar-refractivity contribution is 6.35. The van der Waals surface area contributed by atoms with Gasteiger partial charge in [0, 0.05) is 5.02 Å². The molecule has 0 aliphatic carbocycles. The molecule has 1 aliphatic heterocycles. The van der Waals surface area contributed by atoms with E-state index in [4.69, 9.17) is 27.9 Å². The van der Waals surface area contributed by atoms with Crippen LogP contribution in [0.15, 0.2) is 47.6 Å². The molecular formula is C19H15Cl2F3N2O3. The van der Waals surface area contributed by atoms with Crippen LogP contribution >= 0.6 is 23.2 Å². The number of nitrogens with zero attached hydrogens (tertiary/aromatic N) is 2. The van der Waals surface area contributed by atoms with Gasteiger partial charge in [0.2, 0.25) is 0 Å². The summed E-state index contributed by atoms with van der Waals surface area (Å²) in [6, 6.07) is 10.7. The van der Waals surface area contributed by atoms with Gasteiger partial charge in [-0.05, 0) is 30.7 Å². The Morgan fingerprint density at radius 3 is 2.48 bits per heavy atom. The third-order valence-corrected chi connectivity index (χ3v) is 4.84. The van der Waals surface area contributed by atoms with E-state index in [1.165, 1.54) is 18.2 Å². The van der Waals surface area contributed by atoms with Crippen LogP contribution in [0.3, 0.4) is 0 Å². The first-order valence-electron chi connectivity index (χ1n) is 8.36. The van der Waals surface area contributed by atoms with Gasteiger partial charge in [0.25, 0.3) is 11.6 Å². The number of halogens is 5. The largest absolute Gasteiger partial charge is 0.482 e. The molecule has 0 spiro atoms. The molecule has 154 valence electrons. The lowest BCUT2D eigenvalue weighted by Crippen LogP contribution is -2.57. The minimum atomic E-state index is -5.13. The van der Waals surface area contributed by atoms with E-state index < -0.39 is 30.8 Å². The fourth-order valence-electron chi connectivity index (χ4n) is 2.73. The van der Waals surface area contributed by atoms with Crippen molar-refractivity contribution in [3.8, 4) is 5.75 Å². The van der Waals surface area contributed by atoms with Crippen molar-refractivity contribution >= 4 is 34.8 Å². The molecule has 10 heteroatoms. The van der Waals surface area contributed by atoms with E-state index in [2.05, 4.69) is 5.10 Å². The van der Waals surface area contributed by atoms with E-state index in [9.17, 15) is 23.1 Å². The van der Waals surface area contributed by atoms with Crippen LogP contribution in [0.5, 0.6) is 5.75 Å². The maximum atomic E-state index is 13.6. The molecule has 0 unspecified atom stereocenters. The smallest absolute Gasteiger partial charge is 0.438 e. The molecule has 3 rings (SSSR count). The van der Waals surface area contributed by atoms with Crippen molar-refractivity contribution in [2.75, 3.05) is 6.61 Å². The Hall–Kier alpha value is -2.29. The molecule has 0 radical (unpaired) electrons. The number of aryl methyl sites for hydroxylation is 1. The van der Waals surface area contributed by atoms with Gasteiger partial charge < -0.3 is 9.84 Å². The SMILES string of the molecule is Cc1ccc(C2=NN(C(=O)COc3ccc(Cl)cc3Cl)[C@@](O)(C(F)(F)F)C2)cc1. The van der Waals surface area contributed by atoms with E-state index in [1.807, 2.05) is 6.92 Å². The Morgan fingerprint density at radius 2 is 1.90 bits per heavy atom. The van der Waals surface area contributed by atoms with Crippen molar-refractivity contribution in [3.63, 3.8) is 0 Å². The Bertz CT molecular complexity index is 964. The van der Waals surface area contributed by atoms with Crippen LogP contribution in [0.1, 0.15) is 17.5 Å². The van der Waals surface area contributed by atoms with Crippen LogP contribution in [-0.4, -0.2) is 40.2 Å². The highest BCUT2D eigenvalue weighted by atomic mass is 35.5. The van der Waals surface area contributed by atoms with E-state index in [1.54, 1.807) is 24.3 Å². The molecule has 0 aromatic heterocycles. The van der Waals surface area contributed by atoms with Crippen LogP contribution in [0.2, 0.25) is 10.0 Å². The minimum Gasteiger partial charge on any atom is -0.482 e. The van der Waals surface area contributed by atoms with Crippen LogP contribution in [-0.2, 0) is 4.79 Å². The third kappa shape index (κ3) is 4.34. The van der Waals surface area contributed by atoms with Crippen molar-refractivity contribution < 1.29 is 27.8 Å². The van der Waals surface area contributed by atoms with Gasteiger partial charge in [-0.25, -0.2) is 0 Å². The Kier molecular flexibility index (Phi) is 5.80. The van der Waals surface area contributed by atoms with Crippen LogP contribution in [0.4, 0.5) is 13.2 Å². The number of aliphatic hydroxyl groups is 1. The van der Waals surface area contributed by atoms with Crippen LogP contribution < -0.4 is 4.74 Å². The van der Waals surface area contributed by atoms with E-state index in [0.29, 0.717) is 10.6 Å². The Balaban J connectivity index is 1.85. The first-order valence-corrected chi connectivity index (χ1v) is 9.11. The first kappa shape index (κ1) is 21.4. The summed E-state index contributed by atoms with van der Waals surface area (Å²) in [6.07, 6.45) is -6.02. The number of amides is 1. The van der Waals surface area contributed by atoms with E-state index in [0.717, 1.165) is 5.56 Å². The molecule has 0 saturated carbocycles. The molecular weight excluding hydrogens is 432 g/mol. The molecule has 1 N–H and O–H groups in total. The topological polar surface area (TPSA) is 62.1 Å². The molecule has 0 bridgehead atoms. The molecule has 1 amide bonds. The second-order valence-electron chi connectivity index (χ2n) is 6.47. The quantitative estimate of drug-likeness (QED) is 0.747. The van der Waals surface area contributed by atoms with Gasteiger partial charge >= 0.3 is 6.18 Å². The zero-order valence-electron chi connectivity index (χ0n) is 15.0. The van der Waals surface area contributed by atoms with E-state index >= 15 is 0 Å². The average Bonchev–Trinajstić information content (AvgIpc) is 3.00. The Labute approximate surface area is 174 Å². The normalized spacial score (nSPS) is 19.3. The van der Waals surface area contributed by atoms with E-state index in [-0.39, 0.29) is 21.5 Å². The molecule has 2 aromatic rings. The second-order valence-corrected chi connectivity index (χ2v) is 7.32. The predicted molar refractivity (Wildman–Crippen MR) is 102 cm³/mol. The summed E-state index contributed by atoms with van der Waals surface area (Å²) in [6.45, 7) is 1.01. The van der Waals surface area contributed by atoms with Crippen molar-refractivity contribution in [2.45, 2.75) is 25.2 Å². The summed E-state index contributed by atoms with van der Waals surface area (Å²) in [4.78, 5) is 12.5. The molecule has 0 saturated heterocycles. The summed E-state index contributed by atoms with van der Waals surface area (Å²) in [5.74, 6) is -1.13. The van der Waals surface area contributed by atoms with Crippen LogP contribution in [0, 0.1) is 6.92 Å². The Morgan fingerprint density at radius 1 is 1.24 bits per heavy atom. The molecule has 0 fully saturated rings. The van der Waals surface area contributed by atoms with Gasteiger partial charge in [0.15, 0.2) is 6.61 Å². The maximum Gasteiger partial charge on any atom is 0.438 e. The number of ether oxygens (including phenoxy) is 1. The maximum absolute atomic E-state index is 13.6. The van der Waals surface area contributed by atoms with Gasteiger partial charge in [0.05, 0.1) is 17.2 Å². The average molecular weight is 447 g/mol. The number of hydrazone groups is 1. The zero-order valence-corrected chi connectivity index (χ0v) is 16.5. The number of rotatable bonds is 4. The predicted octanol–water partition coefficient (Wildman–Crippen LogP) is 4.57. The fourth-order valence-corrected chi connectivity index (χ4v) is 3.19. The van der Waals surface area contributed by atoms with Gasteiger partial charge in [-0.2, -0.15) is 23.3 Å². The lowest BCUT2D eigenvalue weighted by Gasteiger charge is -2.32. The standard InChI is InChI=1S/C19H15Cl2F3N2O3/c1-11-2-4-12(5-3-11)15-9-18(28,19(22,23)24)26(25-15)17(27)10-29-16-7-6-13(20)8-14(16)21/h2-8,28H,9-10H2,1H3/t18-/m0/s1.